The Labute approximate surface area is 135 Å². The highest BCUT2D eigenvalue weighted by Crippen LogP contribution is 2.34. The SMILES string of the molecule is COc1cc(N2CC(C)C(N3CCOCC3)C2)ccc1[N+](=O)[O-]. The molecule has 3 rings (SSSR count). The van der Waals surface area contributed by atoms with Crippen molar-refractivity contribution in [3.8, 4) is 5.75 Å². The monoisotopic (exact) mass is 321 g/mol. The minimum absolute atomic E-state index is 0.00762. The van der Waals surface area contributed by atoms with Gasteiger partial charge in [-0.15, -0.1) is 0 Å². The van der Waals surface area contributed by atoms with Gasteiger partial charge in [0.2, 0.25) is 0 Å². The van der Waals surface area contributed by atoms with E-state index in [9.17, 15) is 10.1 Å². The molecular formula is C16H23N3O4. The van der Waals surface area contributed by atoms with Gasteiger partial charge in [0.05, 0.1) is 25.2 Å². The molecule has 0 spiro atoms. The van der Waals surface area contributed by atoms with E-state index < -0.39 is 4.92 Å². The van der Waals surface area contributed by atoms with Crippen LogP contribution in [0.25, 0.3) is 0 Å². The number of hydrogen-bond donors (Lipinski definition) is 0. The van der Waals surface area contributed by atoms with Crippen molar-refractivity contribution in [2.24, 2.45) is 5.92 Å². The van der Waals surface area contributed by atoms with Crippen LogP contribution >= 0.6 is 0 Å². The lowest BCUT2D eigenvalue weighted by Crippen LogP contribution is -2.46. The Morgan fingerprint density at radius 3 is 2.70 bits per heavy atom. The minimum atomic E-state index is -0.411. The van der Waals surface area contributed by atoms with Crippen molar-refractivity contribution in [3.63, 3.8) is 0 Å². The van der Waals surface area contributed by atoms with Crippen molar-refractivity contribution >= 4 is 11.4 Å². The van der Waals surface area contributed by atoms with Crippen LogP contribution < -0.4 is 9.64 Å². The second-order valence-corrected chi connectivity index (χ2v) is 6.21. The maximum absolute atomic E-state index is 11.0. The molecule has 0 bridgehead atoms. The summed E-state index contributed by atoms with van der Waals surface area (Å²) in [5, 5.41) is 11.0. The van der Waals surface area contributed by atoms with Crippen LogP contribution in [0.4, 0.5) is 11.4 Å². The normalized spacial score (nSPS) is 25.6. The average molecular weight is 321 g/mol. The standard InChI is InChI=1S/C16H23N3O4/c1-12-10-18(11-15(12)17-5-7-23-8-6-17)13-3-4-14(19(20)21)16(9-13)22-2/h3-4,9,12,15H,5-8,10-11H2,1-2H3. The molecule has 2 atom stereocenters. The Bertz CT molecular complexity index is 574. The van der Waals surface area contributed by atoms with Crippen molar-refractivity contribution in [2.45, 2.75) is 13.0 Å². The zero-order valence-corrected chi connectivity index (χ0v) is 13.6. The van der Waals surface area contributed by atoms with Crippen molar-refractivity contribution in [3.05, 3.63) is 28.3 Å². The number of anilines is 1. The number of nitrogens with zero attached hydrogens (tertiary/aromatic N) is 3. The highest BCUT2D eigenvalue weighted by atomic mass is 16.6. The minimum Gasteiger partial charge on any atom is -0.490 e. The number of rotatable bonds is 4. The molecule has 23 heavy (non-hydrogen) atoms. The van der Waals surface area contributed by atoms with Crippen LogP contribution in [0.1, 0.15) is 6.92 Å². The summed E-state index contributed by atoms with van der Waals surface area (Å²) in [5.41, 5.74) is 0.989. The molecule has 0 N–H and O–H groups in total. The van der Waals surface area contributed by atoms with Gasteiger partial charge in [0.1, 0.15) is 0 Å². The molecule has 2 aliphatic rings. The predicted octanol–water partition coefficient (Wildman–Crippen LogP) is 1.76. The third-order valence-electron chi connectivity index (χ3n) is 4.81. The number of methoxy groups -OCH3 is 1. The summed E-state index contributed by atoms with van der Waals surface area (Å²) in [6.45, 7) is 7.70. The topological polar surface area (TPSA) is 68.1 Å². The second kappa shape index (κ2) is 6.72. The van der Waals surface area contributed by atoms with Crippen molar-refractivity contribution in [1.29, 1.82) is 0 Å². The van der Waals surface area contributed by atoms with Gasteiger partial charge >= 0.3 is 5.69 Å². The second-order valence-electron chi connectivity index (χ2n) is 6.21. The van der Waals surface area contributed by atoms with Crippen LogP contribution in [-0.4, -0.2) is 62.4 Å². The summed E-state index contributed by atoms with van der Waals surface area (Å²) in [6.07, 6.45) is 0. The molecule has 2 saturated heterocycles. The quantitative estimate of drug-likeness (QED) is 0.622. The predicted molar refractivity (Wildman–Crippen MR) is 87.2 cm³/mol. The molecule has 0 amide bonds. The lowest BCUT2D eigenvalue weighted by atomic mass is 10.0. The van der Waals surface area contributed by atoms with Gasteiger partial charge in [0.15, 0.2) is 5.75 Å². The molecule has 0 saturated carbocycles. The van der Waals surface area contributed by atoms with Gasteiger partial charge in [-0.2, -0.15) is 0 Å². The van der Waals surface area contributed by atoms with Crippen LogP contribution in [-0.2, 0) is 4.74 Å². The maximum atomic E-state index is 11.0. The molecule has 1 aromatic rings. The van der Waals surface area contributed by atoms with Gasteiger partial charge in [0, 0.05) is 50.0 Å². The van der Waals surface area contributed by atoms with Gasteiger partial charge in [-0.1, -0.05) is 6.92 Å². The average Bonchev–Trinajstić information content (AvgIpc) is 2.96. The zero-order valence-electron chi connectivity index (χ0n) is 13.6. The Hall–Kier alpha value is -1.86. The first kappa shape index (κ1) is 16.0. The Morgan fingerprint density at radius 2 is 2.04 bits per heavy atom. The number of ether oxygens (including phenoxy) is 2. The van der Waals surface area contributed by atoms with Crippen LogP contribution in [0.3, 0.4) is 0 Å². The van der Waals surface area contributed by atoms with Crippen molar-refractivity contribution < 1.29 is 14.4 Å². The van der Waals surface area contributed by atoms with Crippen LogP contribution in [0.5, 0.6) is 5.75 Å². The lowest BCUT2D eigenvalue weighted by Gasteiger charge is -2.34. The molecule has 1 aromatic carbocycles. The third kappa shape index (κ3) is 3.25. The number of nitro groups is 1. The molecular weight excluding hydrogens is 298 g/mol. The zero-order chi connectivity index (χ0) is 16.4. The highest BCUT2D eigenvalue weighted by molar-refractivity contribution is 5.60. The summed E-state index contributed by atoms with van der Waals surface area (Å²) < 4.78 is 10.6. The summed E-state index contributed by atoms with van der Waals surface area (Å²) in [6, 6.07) is 5.61. The highest BCUT2D eigenvalue weighted by Gasteiger charge is 2.35. The lowest BCUT2D eigenvalue weighted by molar-refractivity contribution is -0.385. The van der Waals surface area contributed by atoms with Crippen LogP contribution in [0.15, 0.2) is 18.2 Å². The molecule has 7 heteroatoms. The fourth-order valence-corrected chi connectivity index (χ4v) is 3.56. The van der Waals surface area contributed by atoms with Crippen molar-refractivity contribution in [1.82, 2.24) is 4.90 Å². The van der Waals surface area contributed by atoms with E-state index in [0.717, 1.165) is 45.1 Å². The molecule has 0 aromatic heterocycles. The van der Waals surface area contributed by atoms with Gasteiger partial charge in [0.25, 0.3) is 0 Å². The first-order valence-electron chi connectivity index (χ1n) is 7.99. The van der Waals surface area contributed by atoms with E-state index in [0.29, 0.717) is 17.7 Å². The molecule has 126 valence electrons. The largest absolute Gasteiger partial charge is 0.490 e. The molecule has 0 aliphatic carbocycles. The van der Waals surface area contributed by atoms with E-state index in [1.165, 1.54) is 13.2 Å². The van der Waals surface area contributed by atoms with Gasteiger partial charge in [-0.3, -0.25) is 15.0 Å². The Morgan fingerprint density at radius 1 is 1.30 bits per heavy atom. The van der Waals surface area contributed by atoms with E-state index in [-0.39, 0.29) is 5.69 Å². The smallest absolute Gasteiger partial charge is 0.311 e. The Kier molecular flexibility index (Phi) is 4.68. The summed E-state index contributed by atoms with van der Waals surface area (Å²) in [5.74, 6) is 0.865. The fourth-order valence-electron chi connectivity index (χ4n) is 3.56. The van der Waals surface area contributed by atoms with E-state index in [2.05, 4.69) is 16.7 Å². The third-order valence-corrected chi connectivity index (χ3v) is 4.81. The van der Waals surface area contributed by atoms with E-state index >= 15 is 0 Å². The molecule has 2 unspecified atom stereocenters. The van der Waals surface area contributed by atoms with E-state index in [4.69, 9.17) is 9.47 Å². The molecule has 2 fully saturated rings. The van der Waals surface area contributed by atoms with Crippen molar-refractivity contribution in [2.75, 3.05) is 51.4 Å². The maximum Gasteiger partial charge on any atom is 0.311 e. The first-order chi connectivity index (χ1) is 11.1. The molecule has 0 radical (unpaired) electrons. The van der Waals surface area contributed by atoms with E-state index in [1.54, 1.807) is 6.07 Å². The van der Waals surface area contributed by atoms with Gasteiger partial charge < -0.3 is 14.4 Å². The summed E-state index contributed by atoms with van der Waals surface area (Å²) in [7, 11) is 1.47. The first-order valence-corrected chi connectivity index (χ1v) is 7.99. The van der Waals surface area contributed by atoms with Gasteiger partial charge in [-0.05, 0) is 12.0 Å². The summed E-state index contributed by atoms with van der Waals surface area (Å²) in [4.78, 5) is 15.4. The van der Waals surface area contributed by atoms with Gasteiger partial charge in [-0.25, -0.2) is 0 Å². The van der Waals surface area contributed by atoms with Crippen LogP contribution in [0.2, 0.25) is 0 Å². The number of hydrogen-bond acceptors (Lipinski definition) is 6. The number of nitro benzene ring substituents is 1. The number of benzene rings is 1. The summed E-state index contributed by atoms with van der Waals surface area (Å²) >= 11 is 0. The fraction of sp³-hybridized carbons (Fsp3) is 0.625. The van der Waals surface area contributed by atoms with E-state index in [1.807, 2.05) is 6.07 Å². The molecule has 2 heterocycles. The molecule has 7 nitrogen and oxygen atoms in total. The molecule has 2 aliphatic heterocycles. The van der Waals surface area contributed by atoms with Crippen LogP contribution in [0, 0.1) is 16.0 Å². The number of morpholine rings is 1. The Balaban J connectivity index is 1.76.